The molecule has 30 heavy (non-hydrogen) atoms. The Labute approximate surface area is 185 Å². The second-order valence-corrected chi connectivity index (χ2v) is 9.87. The molecule has 2 amide bonds. The first kappa shape index (κ1) is 23.2. The normalized spacial score (nSPS) is 34.5. The van der Waals surface area contributed by atoms with E-state index in [1.165, 1.54) is 0 Å². The lowest BCUT2D eigenvalue weighted by atomic mass is 9.70. The van der Waals surface area contributed by atoms with Gasteiger partial charge in [-0.15, -0.1) is 6.58 Å². The molecular formula is C21H31BrN2O6. The van der Waals surface area contributed by atoms with Crippen molar-refractivity contribution in [2.75, 3.05) is 19.7 Å². The van der Waals surface area contributed by atoms with Crippen LogP contribution in [0.2, 0.25) is 0 Å². The SMILES string of the molecule is C=CCN(C(=O)[C@H]1N(CCCCCO)C(=O)[C@@H]2[C@@H](C(=O)O)[C@@H]3O[C@@]21CC3Br)C(C)C. The Morgan fingerprint density at radius 3 is 2.67 bits per heavy atom. The number of aliphatic carboxylic acids is 1. The zero-order valence-corrected chi connectivity index (χ0v) is 19.1. The fourth-order valence-electron chi connectivity index (χ4n) is 5.35. The van der Waals surface area contributed by atoms with E-state index in [9.17, 15) is 19.5 Å². The Hall–Kier alpha value is -1.45. The summed E-state index contributed by atoms with van der Waals surface area (Å²) in [6.45, 7) is 8.29. The van der Waals surface area contributed by atoms with Gasteiger partial charge in [-0.3, -0.25) is 14.4 Å². The molecule has 168 valence electrons. The van der Waals surface area contributed by atoms with Gasteiger partial charge in [-0.2, -0.15) is 0 Å². The third kappa shape index (κ3) is 3.58. The molecule has 3 heterocycles. The van der Waals surface area contributed by atoms with Crippen LogP contribution in [0.4, 0.5) is 0 Å². The predicted molar refractivity (Wildman–Crippen MR) is 113 cm³/mol. The van der Waals surface area contributed by atoms with Crippen molar-refractivity contribution in [3.05, 3.63) is 12.7 Å². The maximum atomic E-state index is 13.7. The smallest absolute Gasteiger partial charge is 0.310 e. The first-order valence-electron chi connectivity index (χ1n) is 10.6. The lowest BCUT2D eigenvalue weighted by Gasteiger charge is -2.38. The van der Waals surface area contributed by atoms with Gasteiger partial charge in [0.05, 0.1) is 17.9 Å². The molecule has 2 N–H and O–H groups in total. The number of aliphatic hydroxyl groups excluding tert-OH is 1. The van der Waals surface area contributed by atoms with Gasteiger partial charge in [0.1, 0.15) is 11.6 Å². The van der Waals surface area contributed by atoms with Crippen molar-refractivity contribution >= 4 is 33.7 Å². The topological polar surface area (TPSA) is 107 Å². The van der Waals surface area contributed by atoms with Crippen LogP contribution < -0.4 is 0 Å². The summed E-state index contributed by atoms with van der Waals surface area (Å²) >= 11 is 3.53. The van der Waals surface area contributed by atoms with Crippen LogP contribution in [0.15, 0.2) is 12.7 Å². The van der Waals surface area contributed by atoms with Crippen molar-refractivity contribution < 1.29 is 29.3 Å². The molecule has 9 heteroatoms. The molecule has 8 nitrogen and oxygen atoms in total. The van der Waals surface area contributed by atoms with Crippen molar-refractivity contribution in [3.63, 3.8) is 0 Å². The largest absolute Gasteiger partial charge is 0.481 e. The van der Waals surface area contributed by atoms with Crippen molar-refractivity contribution in [3.8, 4) is 0 Å². The number of aliphatic hydroxyl groups is 1. The molecule has 3 rings (SSSR count). The van der Waals surface area contributed by atoms with Crippen molar-refractivity contribution in [1.29, 1.82) is 0 Å². The van der Waals surface area contributed by atoms with E-state index in [-0.39, 0.29) is 29.3 Å². The summed E-state index contributed by atoms with van der Waals surface area (Å²) < 4.78 is 6.24. The number of nitrogens with zero attached hydrogens (tertiary/aromatic N) is 2. The van der Waals surface area contributed by atoms with Gasteiger partial charge in [-0.1, -0.05) is 22.0 Å². The van der Waals surface area contributed by atoms with Crippen molar-refractivity contribution in [2.45, 2.75) is 68.1 Å². The molecule has 1 spiro atoms. The molecule has 0 aromatic heterocycles. The molecule has 2 bridgehead atoms. The highest BCUT2D eigenvalue weighted by Crippen LogP contribution is 2.60. The number of hydrogen-bond donors (Lipinski definition) is 2. The monoisotopic (exact) mass is 486 g/mol. The number of ether oxygens (including phenoxy) is 1. The number of carbonyl (C=O) groups excluding carboxylic acids is 2. The zero-order chi connectivity index (χ0) is 22.2. The summed E-state index contributed by atoms with van der Waals surface area (Å²) in [5, 5.41) is 18.9. The Bertz CT molecular complexity index is 716. The number of hydrogen-bond acceptors (Lipinski definition) is 5. The highest BCUT2D eigenvalue weighted by Gasteiger charge is 2.76. The first-order valence-corrected chi connectivity index (χ1v) is 11.5. The average Bonchev–Trinajstić information content (AvgIpc) is 3.26. The first-order chi connectivity index (χ1) is 14.2. The van der Waals surface area contributed by atoms with E-state index in [0.29, 0.717) is 38.8 Å². The number of carbonyl (C=O) groups is 3. The van der Waals surface area contributed by atoms with Crippen LogP contribution in [0.3, 0.4) is 0 Å². The Kier molecular flexibility index (Phi) is 6.94. The zero-order valence-electron chi connectivity index (χ0n) is 17.5. The third-order valence-electron chi connectivity index (χ3n) is 6.60. The number of carboxylic acid groups (broad SMARTS) is 1. The maximum absolute atomic E-state index is 13.7. The Morgan fingerprint density at radius 1 is 1.40 bits per heavy atom. The van der Waals surface area contributed by atoms with E-state index in [0.717, 1.165) is 0 Å². The van der Waals surface area contributed by atoms with Crippen LogP contribution in [0.5, 0.6) is 0 Å². The molecule has 0 aromatic rings. The van der Waals surface area contributed by atoms with Crippen molar-refractivity contribution in [2.24, 2.45) is 11.8 Å². The third-order valence-corrected chi connectivity index (χ3v) is 7.44. The maximum Gasteiger partial charge on any atom is 0.310 e. The minimum Gasteiger partial charge on any atom is -0.481 e. The van der Waals surface area contributed by atoms with E-state index in [1.807, 2.05) is 13.8 Å². The summed E-state index contributed by atoms with van der Waals surface area (Å²) in [5.74, 6) is -3.44. The molecule has 0 radical (unpaired) electrons. The average molecular weight is 487 g/mol. The van der Waals surface area contributed by atoms with Gasteiger partial charge in [-0.05, 0) is 39.5 Å². The second-order valence-electron chi connectivity index (χ2n) is 8.69. The molecule has 0 aliphatic carbocycles. The molecule has 0 aromatic carbocycles. The summed E-state index contributed by atoms with van der Waals surface area (Å²) in [4.78, 5) is 42.2. The van der Waals surface area contributed by atoms with Gasteiger partial charge < -0.3 is 24.7 Å². The van der Waals surface area contributed by atoms with Gasteiger partial charge in [0.15, 0.2) is 0 Å². The number of fused-ring (bicyclic) bond motifs is 1. The minimum atomic E-state index is -1.14. The summed E-state index contributed by atoms with van der Waals surface area (Å²) in [7, 11) is 0. The number of rotatable bonds is 10. The van der Waals surface area contributed by atoms with E-state index in [1.54, 1.807) is 15.9 Å². The highest BCUT2D eigenvalue weighted by atomic mass is 79.9. The summed E-state index contributed by atoms with van der Waals surface area (Å²) in [6, 6.07) is -0.966. The van der Waals surface area contributed by atoms with E-state index < -0.39 is 35.6 Å². The standard InChI is InChI=1S/C21H31BrN2O6/c1-4-8-23(12(2)3)19(27)17-21-11-13(22)16(30-21)14(20(28)29)15(21)18(26)24(17)9-6-5-7-10-25/h4,12-17,25H,1,5-11H2,2-3H3,(H,28,29)/t13?,14-,15+,16-,17-,21+/m1/s1. The predicted octanol–water partition coefficient (Wildman–Crippen LogP) is 1.40. The number of amides is 2. The van der Waals surface area contributed by atoms with Gasteiger partial charge in [-0.25, -0.2) is 0 Å². The van der Waals surface area contributed by atoms with Crippen molar-refractivity contribution in [1.82, 2.24) is 9.80 Å². The van der Waals surface area contributed by atoms with Gasteiger partial charge >= 0.3 is 5.97 Å². The Balaban J connectivity index is 2.00. The lowest BCUT2D eigenvalue weighted by Crippen LogP contribution is -2.58. The fourth-order valence-corrected chi connectivity index (χ4v) is 6.30. The van der Waals surface area contributed by atoms with E-state index in [2.05, 4.69) is 22.5 Å². The number of alkyl halides is 1. The molecule has 1 unspecified atom stereocenters. The number of unbranched alkanes of at least 4 members (excludes halogenated alkanes) is 2. The van der Waals surface area contributed by atoms with Crippen LogP contribution in [-0.2, 0) is 19.1 Å². The molecule has 3 aliphatic rings. The second kappa shape index (κ2) is 8.96. The van der Waals surface area contributed by atoms with Gasteiger partial charge in [0.25, 0.3) is 0 Å². The minimum absolute atomic E-state index is 0.0699. The van der Waals surface area contributed by atoms with Gasteiger partial charge in [0.2, 0.25) is 11.8 Å². The number of halogens is 1. The molecule has 0 saturated carbocycles. The van der Waals surface area contributed by atoms with Gasteiger partial charge in [0, 0.05) is 30.6 Å². The Morgan fingerprint density at radius 2 is 2.10 bits per heavy atom. The molecule has 6 atom stereocenters. The quantitative estimate of drug-likeness (QED) is 0.274. The molecule has 3 fully saturated rings. The van der Waals surface area contributed by atoms with Crippen LogP contribution >= 0.6 is 15.9 Å². The molecular weight excluding hydrogens is 456 g/mol. The highest BCUT2D eigenvalue weighted by molar-refractivity contribution is 9.09. The summed E-state index contributed by atoms with van der Waals surface area (Å²) in [6.07, 6.45) is 3.39. The molecule has 3 saturated heterocycles. The lowest BCUT2D eigenvalue weighted by molar-refractivity contribution is -0.151. The number of likely N-dealkylation sites (tertiary alicyclic amines) is 1. The van der Waals surface area contributed by atoms with Crippen LogP contribution in [0.1, 0.15) is 39.5 Å². The molecule has 3 aliphatic heterocycles. The van der Waals surface area contributed by atoms with E-state index in [4.69, 9.17) is 9.84 Å². The summed E-state index contributed by atoms with van der Waals surface area (Å²) in [5.41, 5.74) is -1.14. The fraction of sp³-hybridized carbons (Fsp3) is 0.762. The van der Waals surface area contributed by atoms with Crippen LogP contribution in [0.25, 0.3) is 0 Å². The van der Waals surface area contributed by atoms with Crippen LogP contribution in [-0.4, -0.2) is 86.1 Å². The number of carboxylic acids is 1. The van der Waals surface area contributed by atoms with Crippen LogP contribution in [0, 0.1) is 11.8 Å². The van der Waals surface area contributed by atoms with E-state index >= 15 is 0 Å².